The first-order chi connectivity index (χ1) is 13.7. The van der Waals surface area contributed by atoms with Crippen molar-refractivity contribution in [2.75, 3.05) is 0 Å². The lowest BCUT2D eigenvalue weighted by atomic mass is 9.95. The van der Waals surface area contributed by atoms with Gasteiger partial charge in [0.2, 0.25) is 0 Å². The highest BCUT2D eigenvalue weighted by atomic mass is 127. The third-order valence-electron chi connectivity index (χ3n) is 5.67. The smallest absolute Gasteiger partial charge is 0.169 e. The SMILES string of the molecule is CCC(C)c1ccc2c(c1)c1ccccc1c1nnc(-c3ccc(I)cc3)n21. The highest BCUT2D eigenvalue weighted by molar-refractivity contribution is 14.1. The molecule has 5 rings (SSSR count). The standard InChI is InChI=1S/C24H20IN3/c1-3-15(2)17-10-13-22-21(14-17)19-6-4-5-7-20(19)24-27-26-23(28(22)24)16-8-11-18(25)12-9-16/h4-15H,3H2,1-2H3. The summed E-state index contributed by atoms with van der Waals surface area (Å²) in [5, 5.41) is 12.8. The molecule has 3 aromatic carbocycles. The molecule has 0 amide bonds. The maximum Gasteiger partial charge on any atom is 0.169 e. The van der Waals surface area contributed by atoms with Crippen LogP contribution in [-0.4, -0.2) is 14.6 Å². The van der Waals surface area contributed by atoms with Gasteiger partial charge in [-0.2, -0.15) is 0 Å². The number of pyridine rings is 1. The fraction of sp³-hybridized carbons (Fsp3) is 0.167. The van der Waals surface area contributed by atoms with Crippen LogP contribution < -0.4 is 0 Å². The van der Waals surface area contributed by atoms with Crippen molar-refractivity contribution in [3.05, 3.63) is 75.9 Å². The van der Waals surface area contributed by atoms with E-state index in [2.05, 4.69) is 118 Å². The number of fused-ring (bicyclic) bond motifs is 6. The molecule has 0 aliphatic rings. The number of halogens is 1. The summed E-state index contributed by atoms with van der Waals surface area (Å²) >= 11 is 2.33. The average molecular weight is 477 g/mol. The van der Waals surface area contributed by atoms with Crippen molar-refractivity contribution >= 4 is 49.9 Å². The van der Waals surface area contributed by atoms with Crippen LogP contribution in [0.15, 0.2) is 66.7 Å². The van der Waals surface area contributed by atoms with Crippen molar-refractivity contribution < 1.29 is 0 Å². The van der Waals surface area contributed by atoms with Crippen LogP contribution >= 0.6 is 22.6 Å². The van der Waals surface area contributed by atoms with E-state index in [1.807, 2.05) is 0 Å². The molecule has 0 saturated heterocycles. The summed E-state index contributed by atoms with van der Waals surface area (Å²) in [6, 6.07) is 23.8. The fourth-order valence-corrected chi connectivity index (χ4v) is 4.25. The molecule has 0 aliphatic heterocycles. The Bertz CT molecular complexity index is 1320. The van der Waals surface area contributed by atoms with Gasteiger partial charge in [-0.1, -0.05) is 56.3 Å². The number of nitrogens with zero attached hydrogens (tertiary/aromatic N) is 3. The first kappa shape index (κ1) is 17.6. The van der Waals surface area contributed by atoms with Crippen LogP contribution in [0.4, 0.5) is 0 Å². The van der Waals surface area contributed by atoms with E-state index >= 15 is 0 Å². The maximum atomic E-state index is 4.58. The Balaban J connectivity index is 1.92. The van der Waals surface area contributed by atoms with Crippen LogP contribution in [0.2, 0.25) is 0 Å². The molecule has 0 N–H and O–H groups in total. The third-order valence-corrected chi connectivity index (χ3v) is 6.39. The predicted molar refractivity (Wildman–Crippen MR) is 125 cm³/mol. The van der Waals surface area contributed by atoms with Crippen molar-refractivity contribution in [3.8, 4) is 11.4 Å². The highest BCUT2D eigenvalue weighted by Crippen LogP contribution is 2.34. The molecular formula is C24H20IN3. The van der Waals surface area contributed by atoms with Crippen molar-refractivity contribution in [1.82, 2.24) is 14.6 Å². The van der Waals surface area contributed by atoms with Gasteiger partial charge in [-0.25, -0.2) is 0 Å². The predicted octanol–water partition coefficient (Wildman–Crippen LogP) is 6.82. The monoisotopic (exact) mass is 477 g/mol. The van der Waals surface area contributed by atoms with Crippen molar-refractivity contribution in [3.63, 3.8) is 0 Å². The zero-order valence-corrected chi connectivity index (χ0v) is 18.0. The average Bonchev–Trinajstić information content (AvgIpc) is 3.19. The molecule has 0 bridgehead atoms. The zero-order valence-electron chi connectivity index (χ0n) is 15.9. The van der Waals surface area contributed by atoms with Gasteiger partial charge in [0.05, 0.1) is 5.52 Å². The van der Waals surface area contributed by atoms with Crippen LogP contribution in [0.3, 0.4) is 0 Å². The van der Waals surface area contributed by atoms with E-state index in [1.54, 1.807) is 0 Å². The van der Waals surface area contributed by atoms with E-state index in [0.29, 0.717) is 5.92 Å². The van der Waals surface area contributed by atoms with E-state index in [-0.39, 0.29) is 0 Å². The minimum absolute atomic E-state index is 0.537. The van der Waals surface area contributed by atoms with Gasteiger partial charge in [-0.3, -0.25) is 4.40 Å². The lowest BCUT2D eigenvalue weighted by Crippen LogP contribution is -1.97. The number of benzene rings is 3. The summed E-state index contributed by atoms with van der Waals surface area (Å²) < 4.78 is 3.42. The van der Waals surface area contributed by atoms with Crippen molar-refractivity contribution in [2.24, 2.45) is 0 Å². The second kappa shape index (κ2) is 6.85. The summed E-state index contributed by atoms with van der Waals surface area (Å²) in [5.41, 5.74) is 4.52. The molecule has 5 aromatic rings. The Labute approximate surface area is 177 Å². The fourth-order valence-electron chi connectivity index (χ4n) is 3.89. The number of hydrogen-bond donors (Lipinski definition) is 0. The molecular weight excluding hydrogens is 457 g/mol. The van der Waals surface area contributed by atoms with Gasteiger partial charge in [0, 0.05) is 19.9 Å². The van der Waals surface area contributed by atoms with E-state index in [1.165, 1.54) is 19.9 Å². The van der Waals surface area contributed by atoms with E-state index < -0.39 is 0 Å². The third kappa shape index (κ3) is 2.70. The lowest BCUT2D eigenvalue weighted by molar-refractivity contribution is 0.734. The molecule has 0 fully saturated rings. The molecule has 4 heteroatoms. The minimum Gasteiger partial charge on any atom is -0.274 e. The molecule has 2 heterocycles. The Morgan fingerprint density at radius 3 is 2.39 bits per heavy atom. The lowest BCUT2D eigenvalue weighted by Gasteiger charge is -2.14. The van der Waals surface area contributed by atoms with Gasteiger partial charge in [-0.15, -0.1) is 10.2 Å². The highest BCUT2D eigenvalue weighted by Gasteiger charge is 2.16. The molecule has 1 atom stereocenters. The van der Waals surface area contributed by atoms with Gasteiger partial charge in [0.25, 0.3) is 0 Å². The molecule has 3 nitrogen and oxygen atoms in total. The summed E-state index contributed by atoms with van der Waals surface area (Å²) in [7, 11) is 0. The minimum atomic E-state index is 0.537. The van der Waals surface area contributed by atoms with Crippen molar-refractivity contribution in [2.45, 2.75) is 26.2 Å². The van der Waals surface area contributed by atoms with Gasteiger partial charge < -0.3 is 0 Å². The van der Waals surface area contributed by atoms with Crippen LogP contribution in [0, 0.1) is 3.57 Å². The molecule has 0 aliphatic carbocycles. The molecule has 0 radical (unpaired) electrons. The number of hydrogen-bond acceptors (Lipinski definition) is 2. The molecule has 138 valence electrons. The normalized spacial score (nSPS) is 12.8. The molecule has 2 aromatic heterocycles. The van der Waals surface area contributed by atoms with Gasteiger partial charge >= 0.3 is 0 Å². The summed E-state index contributed by atoms with van der Waals surface area (Å²) in [6.07, 6.45) is 1.13. The largest absolute Gasteiger partial charge is 0.274 e. The zero-order chi connectivity index (χ0) is 19.3. The van der Waals surface area contributed by atoms with Crippen LogP contribution in [0.5, 0.6) is 0 Å². The Hall–Kier alpha value is -2.47. The number of aromatic nitrogens is 3. The molecule has 0 saturated carbocycles. The summed E-state index contributed by atoms with van der Waals surface area (Å²) in [5.74, 6) is 1.42. The number of rotatable bonds is 3. The van der Waals surface area contributed by atoms with E-state index in [4.69, 9.17) is 0 Å². The van der Waals surface area contributed by atoms with E-state index in [9.17, 15) is 0 Å². The first-order valence-electron chi connectivity index (χ1n) is 9.63. The van der Waals surface area contributed by atoms with Gasteiger partial charge in [0.1, 0.15) is 0 Å². The molecule has 0 spiro atoms. The van der Waals surface area contributed by atoms with E-state index in [0.717, 1.165) is 34.4 Å². The Morgan fingerprint density at radius 1 is 0.893 bits per heavy atom. The molecule has 1 unspecified atom stereocenters. The Morgan fingerprint density at radius 2 is 1.64 bits per heavy atom. The first-order valence-corrected chi connectivity index (χ1v) is 10.7. The van der Waals surface area contributed by atoms with Gasteiger partial charge in [0.15, 0.2) is 11.5 Å². The topological polar surface area (TPSA) is 30.2 Å². The van der Waals surface area contributed by atoms with Crippen LogP contribution in [0.1, 0.15) is 31.7 Å². The maximum absolute atomic E-state index is 4.58. The van der Waals surface area contributed by atoms with Crippen molar-refractivity contribution in [1.29, 1.82) is 0 Å². The van der Waals surface area contributed by atoms with Gasteiger partial charge in [-0.05, 0) is 70.1 Å². The van der Waals surface area contributed by atoms with Crippen LogP contribution in [0.25, 0.3) is 38.7 Å². The second-order valence-corrected chi connectivity index (χ2v) is 8.57. The molecule has 28 heavy (non-hydrogen) atoms. The van der Waals surface area contributed by atoms with Crippen LogP contribution in [-0.2, 0) is 0 Å². The summed E-state index contributed by atoms with van der Waals surface area (Å²) in [6.45, 7) is 4.53. The quantitative estimate of drug-likeness (QED) is 0.211. The Kier molecular flexibility index (Phi) is 4.31. The second-order valence-electron chi connectivity index (χ2n) is 7.32. The summed E-state index contributed by atoms with van der Waals surface area (Å²) in [4.78, 5) is 0.